The SMILES string of the molecule is CC(C(=O)O)N(C)C(=O)NCCN1CCNCC1. The Labute approximate surface area is 107 Å². The smallest absolute Gasteiger partial charge is 0.326 e. The van der Waals surface area contributed by atoms with Crippen molar-refractivity contribution in [1.82, 2.24) is 20.4 Å². The molecule has 0 aromatic carbocycles. The molecule has 18 heavy (non-hydrogen) atoms. The highest BCUT2D eigenvalue weighted by atomic mass is 16.4. The van der Waals surface area contributed by atoms with Crippen molar-refractivity contribution in [1.29, 1.82) is 0 Å². The average molecular weight is 258 g/mol. The molecular weight excluding hydrogens is 236 g/mol. The molecule has 1 saturated heterocycles. The molecule has 0 saturated carbocycles. The molecule has 0 aliphatic carbocycles. The average Bonchev–Trinajstić information content (AvgIpc) is 2.38. The van der Waals surface area contributed by atoms with E-state index in [1.54, 1.807) is 0 Å². The highest BCUT2D eigenvalue weighted by Crippen LogP contribution is 1.96. The fourth-order valence-electron chi connectivity index (χ4n) is 1.72. The van der Waals surface area contributed by atoms with Gasteiger partial charge in [-0.1, -0.05) is 0 Å². The van der Waals surface area contributed by atoms with Crippen LogP contribution in [0.5, 0.6) is 0 Å². The van der Waals surface area contributed by atoms with E-state index in [-0.39, 0.29) is 6.03 Å². The van der Waals surface area contributed by atoms with Crippen LogP contribution in [0.3, 0.4) is 0 Å². The molecular formula is C11H22N4O3. The zero-order valence-corrected chi connectivity index (χ0v) is 11.0. The van der Waals surface area contributed by atoms with Crippen LogP contribution in [0.2, 0.25) is 0 Å². The van der Waals surface area contributed by atoms with Crippen LogP contribution in [-0.4, -0.2) is 79.3 Å². The van der Waals surface area contributed by atoms with E-state index in [1.807, 2.05) is 0 Å². The number of amides is 2. The number of nitrogens with one attached hydrogen (secondary N) is 2. The Morgan fingerprint density at radius 3 is 2.61 bits per heavy atom. The highest BCUT2D eigenvalue weighted by Gasteiger charge is 2.21. The second-order valence-corrected chi connectivity index (χ2v) is 4.45. The summed E-state index contributed by atoms with van der Waals surface area (Å²) in [5.74, 6) is -1.00. The van der Waals surface area contributed by atoms with Gasteiger partial charge in [0.05, 0.1) is 0 Å². The maximum Gasteiger partial charge on any atom is 0.326 e. The number of piperazine rings is 1. The Morgan fingerprint density at radius 2 is 2.06 bits per heavy atom. The molecule has 1 fully saturated rings. The van der Waals surface area contributed by atoms with Gasteiger partial charge >= 0.3 is 12.0 Å². The van der Waals surface area contributed by atoms with Crippen molar-refractivity contribution in [3.8, 4) is 0 Å². The zero-order chi connectivity index (χ0) is 13.5. The van der Waals surface area contributed by atoms with Gasteiger partial charge in [0, 0.05) is 46.3 Å². The fraction of sp³-hybridized carbons (Fsp3) is 0.818. The predicted molar refractivity (Wildman–Crippen MR) is 67.6 cm³/mol. The molecule has 7 heteroatoms. The molecule has 3 N–H and O–H groups in total. The van der Waals surface area contributed by atoms with Crippen LogP contribution in [-0.2, 0) is 4.79 Å². The summed E-state index contributed by atoms with van der Waals surface area (Å²) in [4.78, 5) is 25.8. The van der Waals surface area contributed by atoms with Gasteiger partial charge in [0.15, 0.2) is 0 Å². The number of rotatable bonds is 5. The van der Waals surface area contributed by atoms with Gasteiger partial charge in [0.25, 0.3) is 0 Å². The van der Waals surface area contributed by atoms with Gasteiger partial charge in [0.2, 0.25) is 0 Å². The molecule has 0 bridgehead atoms. The first-order chi connectivity index (χ1) is 8.52. The summed E-state index contributed by atoms with van der Waals surface area (Å²) in [5, 5.41) is 14.8. The number of nitrogens with zero attached hydrogens (tertiary/aromatic N) is 2. The Hall–Kier alpha value is -1.34. The van der Waals surface area contributed by atoms with Gasteiger partial charge in [0.1, 0.15) is 6.04 Å². The summed E-state index contributed by atoms with van der Waals surface area (Å²) in [5.41, 5.74) is 0. The zero-order valence-electron chi connectivity index (χ0n) is 11.0. The second-order valence-electron chi connectivity index (χ2n) is 4.45. The number of hydrogen-bond acceptors (Lipinski definition) is 4. The summed E-state index contributed by atoms with van der Waals surface area (Å²) >= 11 is 0. The summed E-state index contributed by atoms with van der Waals surface area (Å²) in [6.45, 7) is 6.73. The first-order valence-corrected chi connectivity index (χ1v) is 6.19. The van der Waals surface area contributed by atoms with Crippen LogP contribution in [0.25, 0.3) is 0 Å². The number of likely N-dealkylation sites (N-methyl/N-ethyl adjacent to an activating group) is 1. The van der Waals surface area contributed by atoms with Crippen LogP contribution in [0.1, 0.15) is 6.92 Å². The van der Waals surface area contributed by atoms with Crippen LogP contribution < -0.4 is 10.6 Å². The molecule has 1 heterocycles. The van der Waals surface area contributed by atoms with Crippen molar-refractivity contribution in [2.45, 2.75) is 13.0 Å². The lowest BCUT2D eigenvalue weighted by Gasteiger charge is -2.28. The molecule has 104 valence electrons. The molecule has 0 aromatic heterocycles. The molecule has 0 spiro atoms. The highest BCUT2D eigenvalue weighted by molar-refractivity contribution is 5.82. The van der Waals surface area contributed by atoms with Crippen molar-refractivity contribution >= 4 is 12.0 Å². The largest absolute Gasteiger partial charge is 0.480 e. The van der Waals surface area contributed by atoms with E-state index in [4.69, 9.17) is 5.11 Å². The third-order valence-electron chi connectivity index (χ3n) is 3.17. The van der Waals surface area contributed by atoms with E-state index >= 15 is 0 Å². The maximum atomic E-state index is 11.7. The Morgan fingerprint density at radius 1 is 1.44 bits per heavy atom. The summed E-state index contributed by atoms with van der Waals surface area (Å²) in [6.07, 6.45) is 0. The topological polar surface area (TPSA) is 84.9 Å². The van der Waals surface area contributed by atoms with Gasteiger partial charge in [-0.25, -0.2) is 9.59 Å². The lowest BCUT2D eigenvalue weighted by atomic mass is 10.3. The predicted octanol–water partition coefficient (Wildman–Crippen LogP) is -0.994. The van der Waals surface area contributed by atoms with Gasteiger partial charge in [-0.05, 0) is 6.92 Å². The van der Waals surface area contributed by atoms with Crippen molar-refractivity contribution in [3.63, 3.8) is 0 Å². The van der Waals surface area contributed by atoms with Gasteiger partial charge in [-0.2, -0.15) is 0 Å². The minimum Gasteiger partial charge on any atom is -0.480 e. The quantitative estimate of drug-likeness (QED) is 0.589. The van der Waals surface area contributed by atoms with Crippen molar-refractivity contribution in [3.05, 3.63) is 0 Å². The van der Waals surface area contributed by atoms with Gasteiger partial charge in [-0.15, -0.1) is 0 Å². The number of carboxylic acid groups (broad SMARTS) is 1. The molecule has 1 rings (SSSR count). The van der Waals surface area contributed by atoms with Crippen molar-refractivity contribution in [2.75, 3.05) is 46.3 Å². The number of hydrogen-bond donors (Lipinski definition) is 3. The van der Waals surface area contributed by atoms with E-state index in [2.05, 4.69) is 15.5 Å². The fourth-order valence-corrected chi connectivity index (χ4v) is 1.72. The molecule has 7 nitrogen and oxygen atoms in total. The monoisotopic (exact) mass is 258 g/mol. The Kier molecular flexibility index (Phi) is 5.87. The number of carbonyl (C=O) groups is 2. The molecule has 0 radical (unpaired) electrons. The summed E-state index contributed by atoms with van der Waals surface area (Å²) < 4.78 is 0. The molecule has 1 aliphatic rings. The Bertz CT molecular complexity index is 292. The standard InChI is InChI=1S/C11H22N4O3/c1-9(10(16)17)14(2)11(18)13-5-8-15-6-3-12-4-7-15/h9,12H,3-8H2,1-2H3,(H,13,18)(H,16,17). The minimum absolute atomic E-state index is 0.347. The van der Waals surface area contributed by atoms with E-state index in [9.17, 15) is 9.59 Å². The van der Waals surface area contributed by atoms with E-state index in [0.717, 1.165) is 32.7 Å². The maximum absolute atomic E-state index is 11.7. The third kappa shape index (κ3) is 4.50. The second kappa shape index (κ2) is 7.17. The molecule has 0 aromatic rings. The third-order valence-corrected chi connectivity index (χ3v) is 3.17. The minimum atomic E-state index is -1.00. The van der Waals surface area contributed by atoms with Crippen molar-refractivity contribution in [2.24, 2.45) is 0 Å². The van der Waals surface area contributed by atoms with Crippen LogP contribution >= 0.6 is 0 Å². The number of aliphatic carboxylic acids is 1. The van der Waals surface area contributed by atoms with Crippen LogP contribution in [0, 0.1) is 0 Å². The van der Waals surface area contributed by atoms with Gasteiger partial charge in [-0.3, -0.25) is 4.90 Å². The first kappa shape index (κ1) is 14.7. The van der Waals surface area contributed by atoms with Crippen LogP contribution in [0.4, 0.5) is 4.79 Å². The Balaban J connectivity index is 2.21. The number of carbonyl (C=O) groups excluding carboxylic acids is 1. The van der Waals surface area contributed by atoms with E-state index < -0.39 is 12.0 Å². The van der Waals surface area contributed by atoms with Crippen molar-refractivity contribution < 1.29 is 14.7 Å². The summed E-state index contributed by atoms with van der Waals surface area (Å²) in [7, 11) is 1.49. The van der Waals surface area contributed by atoms with E-state index in [1.165, 1.54) is 18.9 Å². The number of urea groups is 1. The molecule has 1 unspecified atom stereocenters. The lowest BCUT2D eigenvalue weighted by Crippen LogP contribution is -2.49. The molecule has 1 atom stereocenters. The molecule has 1 aliphatic heterocycles. The molecule has 2 amide bonds. The van der Waals surface area contributed by atoms with Gasteiger partial charge < -0.3 is 20.6 Å². The normalized spacial score (nSPS) is 18.1. The van der Waals surface area contributed by atoms with Crippen LogP contribution in [0.15, 0.2) is 0 Å². The number of carboxylic acids is 1. The summed E-state index contributed by atoms with van der Waals surface area (Å²) in [6, 6.07) is -1.16. The lowest BCUT2D eigenvalue weighted by molar-refractivity contribution is -0.141. The van der Waals surface area contributed by atoms with E-state index in [0.29, 0.717) is 6.54 Å². The first-order valence-electron chi connectivity index (χ1n) is 6.19.